The van der Waals surface area contributed by atoms with Gasteiger partial charge in [-0.25, -0.2) is 0 Å². The lowest BCUT2D eigenvalue weighted by molar-refractivity contribution is -0.117. The summed E-state index contributed by atoms with van der Waals surface area (Å²) in [6, 6.07) is 0. The van der Waals surface area contributed by atoms with Crippen molar-refractivity contribution in [2.45, 2.75) is 19.3 Å². The van der Waals surface area contributed by atoms with E-state index in [0.29, 0.717) is 6.42 Å². The van der Waals surface area contributed by atoms with Crippen molar-refractivity contribution < 1.29 is 13.6 Å². The predicted octanol–water partition coefficient (Wildman–Crippen LogP) is 0.598. The molecule has 82 valence electrons. The Bertz CT molecular complexity index is 389. The zero-order valence-corrected chi connectivity index (χ0v) is 8.10. The molecule has 1 amide bonds. The third-order valence-corrected chi connectivity index (χ3v) is 2.85. The van der Waals surface area contributed by atoms with Gasteiger partial charge in [-0.05, 0) is 12.3 Å². The highest BCUT2D eigenvalue weighted by Crippen LogP contribution is 2.61. The Morgan fingerprint density at radius 3 is 2.67 bits per heavy atom. The van der Waals surface area contributed by atoms with E-state index < -0.39 is 23.4 Å². The van der Waals surface area contributed by atoms with Crippen LogP contribution in [-0.4, -0.2) is 17.7 Å². The molecule has 0 aromatic carbocycles. The van der Waals surface area contributed by atoms with Crippen molar-refractivity contribution in [3.8, 4) is 0 Å². The quantitative estimate of drug-likeness (QED) is 0.442. The van der Waals surface area contributed by atoms with Crippen LogP contribution in [0, 0.1) is 17.2 Å². The number of hydrogen-bond acceptors (Lipinski definition) is 3. The lowest BCUT2D eigenvalue weighted by atomic mass is 10.1. The van der Waals surface area contributed by atoms with Crippen molar-refractivity contribution >= 4 is 11.7 Å². The third-order valence-electron chi connectivity index (χ3n) is 2.85. The molecular formula is C9H11F2N3O. The van der Waals surface area contributed by atoms with E-state index in [9.17, 15) is 13.6 Å². The van der Waals surface area contributed by atoms with E-state index in [0.717, 1.165) is 0 Å². The lowest BCUT2D eigenvalue weighted by Crippen LogP contribution is -2.32. The number of allylic oxidation sites excluding steroid dienone is 1. The number of carbonyl (C=O) groups excluding carboxylic acids is 1. The molecule has 6 heteroatoms. The van der Waals surface area contributed by atoms with Gasteiger partial charge in [0.05, 0.1) is 5.70 Å². The van der Waals surface area contributed by atoms with Gasteiger partial charge in [0.25, 0.3) is 5.92 Å². The molecule has 4 N–H and O–H groups in total. The van der Waals surface area contributed by atoms with Crippen LogP contribution in [-0.2, 0) is 4.79 Å². The molecule has 2 aliphatic carbocycles. The van der Waals surface area contributed by atoms with Gasteiger partial charge in [-0.3, -0.25) is 10.2 Å². The summed E-state index contributed by atoms with van der Waals surface area (Å²) in [5.74, 6) is -4.86. The zero-order chi connectivity index (χ0) is 11.4. The van der Waals surface area contributed by atoms with Gasteiger partial charge >= 0.3 is 0 Å². The molecule has 1 fully saturated rings. The van der Waals surface area contributed by atoms with Crippen LogP contribution in [0.3, 0.4) is 0 Å². The molecule has 2 atom stereocenters. The summed E-state index contributed by atoms with van der Waals surface area (Å²) < 4.78 is 26.7. The van der Waals surface area contributed by atoms with E-state index in [1.807, 2.05) is 0 Å². The number of amidine groups is 1. The van der Waals surface area contributed by atoms with Crippen LogP contribution in [0.2, 0.25) is 0 Å². The first kappa shape index (κ1) is 10.1. The van der Waals surface area contributed by atoms with Gasteiger partial charge in [0.15, 0.2) is 0 Å². The molecule has 0 radical (unpaired) electrons. The summed E-state index contributed by atoms with van der Waals surface area (Å²) in [4.78, 5) is 10.7. The van der Waals surface area contributed by atoms with E-state index in [2.05, 4.69) is 5.32 Å². The maximum Gasteiger partial charge on any atom is 0.290 e. The second-order valence-corrected chi connectivity index (χ2v) is 3.96. The number of halogens is 2. The van der Waals surface area contributed by atoms with Crippen LogP contribution in [0.1, 0.15) is 13.3 Å². The van der Waals surface area contributed by atoms with E-state index in [1.54, 1.807) is 0 Å². The van der Waals surface area contributed by atoms with Crippen molar-refractivity contribution in [2.24, 2.45) is 17.6 Å². The van der Waals surface area contributed by atoms with Gasteiger partial charge < -0.3 is 11.1 Å². The summed E-state index contributed by atoms with van der Waals surface area (Å²) in [6.07, 6.45) is 0.352. The van der Waals surface area contributed by atoms with Gasteiger partial charge in [0, 0.05) is 18.4 Å². The Balaban J connectivity index is 2.26. The van der Waals surface area contributed by atoms with Crippen LogP contribution in [0.5, 0.6) is 0 Å². The van der Waals surface area contributed by atoms with E-state index in [-0.39, 0.29) is 17.3 Å². The molecule has 0 aromatic rings. The van der Waals surface area contributed by atoms with Crippen LogP contribution >= 0.6 is 0 Å². The summed E-state index contributed by atoms with van der Waals surface area (Å²) in [7, 11) is 0. The SMILES string of the molecule is CC(=O)NC(=N)C1=C(N)C(F)(F)[C@@H]2C[C@H]12. The van der Waals surface area contributed by atoms with E-state index in [1.165, 1.54) is 6.92 Å². The highest BCUT2D eigenvalue weighted by atomic mass is 19.3. The Kier molecular flexibility index (Phi) is 1.86. The molecule has 0 saturated heterocycles. The Labute approximate surface area is 85.0 Å². The Morgan fingerprint density at radius 2 is 2.27 bits per heavy atom. The fourth-order valence-electron chi connectivity index (χ4n) is 2.06. The molecule has 0 spiro atoms. The average Bonchev–Trinajstić information content (AvgIpc) is 2.79. The van der Waals surface area contributed by atoms with Crippen LogP contribution in [0.25, 0.3) is 0 Å². The normalized spacial score (nSPS) is 31.1. The number of carbonyl (C=O) groups is 1. The van der Waals surface area contributed by atoms with Crippen molar-refractivity contribution in [2.75, 3.05) is 0 Å². The summed E-state index contributed by atoms with van der Waals surface area (Å²) in [5, 5.41) is 9.66. The van der Waals surface area contributed by atoms with Gasteiger partial charge in [-0.2, -0.15) is 8.78 Å². The molecule has 0 bridgehead atoms. The zero-order valence-electron chi connectivity index (χ0n) is 8.10. The molecule has 2 rings (SSSR count). The summed E-state index contributed by atoms with van der Waals surface area (Å²) >= 11 is 0. The summed E-state index contributed by atoms with van der Waals surface area (Å²) in [5.41, 5.74) is 4.85. The second kappa shape index (κ2) is 2.77. The van der Waals surface area contributed by atoms with Crippen molar-refractivity contribution in [3.05, 3.63) is 11.3 Å². The second-order valence-electron chi connectivity index (χ2n) is 3.96. The van der Waals surface area contributed by atoms with Crippen LogP contribution in [0.15, 0.2) is 11.3 Å². The average molecular weight is 215 g/mol. The fourth-order valence-corrected chi connectivity index (χ4v) is 2.06. The first-order valence-electron chi connectivity index (χ1n) is 4.60. The number of alkyl halides is 2. The lowest BCUT2D eigenvalue weighted by Gasteiger charge is -2.14. The maximum absolute atomic E-state index is 13.3. The largest absolute Gasteiger partial charge is 0.397 e. The number of amides is 1. The molecule has 2 aliphatic rings. The molecule has 0 aromatic heterocycles. The van der Waals surface area contributed by atoms with Gasteiger partial charge in [0.2, 0.25) is 5.91 Å². The van der Waals surface area contributed by atoms with Crippen molar-refractivity contribution in [1.29, 1.82) is 5.41 Å². The topological polar surface area (TPSA) is 79.0 Å². The number of nitrogens with one attached hydrogen (secondary N) is 2. The minimum absolute atomic E-state index is 0.111. The molecule has 1 saturated carbocycles. The van der Waals surface area contributed by atoms with Crippen LogP contribution in [0.4, 0.5) is 8.78 Å². The number of fused-ring (bicyclic) bond motifs is 1. The first-order valence-corrected chi connectivity index (χ1v) is 4.60. The van der Waals surface area contributed by atoms with E-state index >= 15 is 0 Å². The monoisotopic (exact) mass is 215 g/mol. The molecule has 0 aliphatic heterocycles. The highest BCUT2D eigenvalue weighted by Gasteiger charge is 2.65. The highest BCUT2D eigenvalue weighted by molar-refractivity contribution is 6.07. The molecule has 0 unspecified atom stereocenters. The molecule has 4 nitrogen and oxygen atoms in total. The first-order chi connectivity index (χ1) is 6.85. The van der Waals surface area contributed by atoms with Gasteiger partial charge in [-0.15, -0.1) is 0 Å². The minimum atomic E-state index is -3.01. The Morgan fingerprint density at radius 1 is 1.67 bits per heavy atom. The minimum Gasteiger partial charge on any atom is -0.397 e. The smallest absolute Gasteiger partial charge is 0.290 e. The third kappa shape index (κ3) is 1.32. The van der Waals surface area contributed by atoms with Crippen molar-refractivity contribution in [3.63, 3.8) is 0 Å². The fraction of sp³-hybridized carbons (Fsp3) is 0.556. The number of rotatable bonds is 1. The van der Waals surface area contributed by atoms with Gasteiger partial charge in [0.1, 0.15) is 5.84 Å². The molecular weight excluding hydrogens is 204 g/mol. The summed E-state index contributed by atoms with van der Waals surface area (Å²) in [6.45, 7) is 1.22. The van der Waals surface area contributed by atoms with Crippen LogP contribution < -0.4 is 11.1 Å². The number of hydrogen-bond donors (Lipinski definition) is 3. The Hall–Kier alpha value is -1.46. The molecule has 0 heterocycles. The van der Waals surface area contributed by atoms with Crippen molar-refractivity contribution in [1.82, 2.24) is 5.32 Å². The number of nitrogens with two attached hydrogens (primary N) is 1. The standard InChI is InChI=1S/C9H11F2N3O/c1-3(15)14-8(13)6-4-2-5(4)9(10,11)7(6)12/h4-5H,2,12H2,1H3,(H2,13,14,15)/t4-,5+/m0/s1. The van der Waals surface area contributed by atoms with E-state index in [4.69, 9.17) is 11.1 Å². The van der Waals surface area contributed by atoms with Gasteiger partial charge in [-0.1, -0.05) is 0 Å². The molecule has 15 heavy (non-hydrogen) atoms. The predicted molar refractivity (Wildman–Crippen MR) is 49.3 cm³/mol. The maximum atomic E-state index is 13.3.